The Labute approximate surface area is 190 Å². The lowest BCUT2D eigenvalue weighted by Crippen LogP contribution is -2.43. The van der Waals surface area contributed by atoms with Crippen LogP contribution in [0.3, 0.4) is 0 Å². The van der Waals surface area contributed by atoms with Crippen molar-refractivity contribution in [2.24, 2.45) is 5.92 Å². The van der Waals surface area contributed by atoms with Gasteiger partial charge in [0.1, 0.15) is 5.75 Å². The molecular weight excluding hydrogens is 428 g/mol. The maximum absolute atomic E-state index is 13.0. The number of benzene rings is 2. The summed E-state index contributed by atoms with van der Waals surface area (Å²) in [5, 5.41) is 20.0. The Morgan fingerprint density at radius 3 is 2.52 bits per heavy atom. The van der Waals surface area contributed by atoms with Crippen molar-refractivity contribution >= 4 is 11.7 Å². The Kier molecular flexibility index (Phi) is 6.36. The van der Waals surface area contributed by atoms with Gasteiger partial charge < -0.3 is 10.1 Å². The number of aromatic nitrogens is 3. The molecule has 0 bridgehead atoms. The molecule has 1 aliphatic carbocycles. The third kappa shape index (κ3) is 5.92. The lowest BCUT2D eigenvalue weighted by molar-refractivity contribution is -0.133. The van der Waals surface area contributed by atoms with Gasteiger partial charge in [-0.2, -0.15) is 15.2 Å². The Morgan fingerprint density at radius 1 is 1.21 bits per heavy atom. The second kappa shape index (κ2) is 9.36. The van der Waals surface area contributed by atoms with Gasteiger partial charge in [0, 0.05) is 18.8 Å². The lowest BCUT2D eigenvalue weighted by atomic mass is 9.78. The minimum absolute atomic E-state index is 0.134. The zero-order valence-corrected chi connectivity index (χ0v) is 18.0. The molecule has 1 amide bonds. The van der Waals surface area contributed by atoms with E-state index >= 15 is 0 Å². The molecule has 1 heterocycles. The maximum Gasteiger partial charge on any atom is 0.249 e. The molecule has 2 aromatic carbocycles. The first-order chi connectivity index (χ1) is 15.8. The molecule has 7 nitrogen and oxygen atoms in total. The summed E-state index contributed by atoms with van der Waals surface area (Å²) in [5.74, 6) is -2.00. The summed E-state index contributed by atoms with van der Waals surface area (Å²) in [5.41, 5.74) is 2.30. The Balaban J connectivity index is 1.25. The molecule has 1 N–H and O–H groups in total. The molecule has 1 aliphatic rings. The van der Waals surface area contributed by atoms with E-state index in [4.69, 9.17) is 10.00 Å². The van der Waals surface area contributed by atoms with Crippen molar-refractivity contribution in [2.75, 3.05) is 5.32 Å². The van der Waals surface area contributed by atoms with Crippen LogP contribution in [-0.4, -0.2) is 32.9 Å². The highest BCUT2D eigenvalue weighted by molar-refractivity contribution is 5.91. The number of halogens is 2. The quantitative estimate of drug-likeness (QED) is 0.554. The zero-order chi connectivity index (χ0) is 23.4. The van der Waals surface area contributed by atoms with Gasteiger partial charge in [-0.3, -0.25) is 4.79 Å². The van der Waals surface area contributed by atoms with E-state index < -0.39 is 5.92 Å². The fourth-order valence-electron chi connectivity index (χ4n) is 3.69. The van der Waals surface area contributed by atoms with E-state index in [0.717, 1.165) is 11.1 Å². The van der Waals surface area contributed by atoms with Gasteiger partial charge in [0.25, 0.3) is 0 Å². The molecular formula is C24H23F2N5O2. The van der Waals surface area contributed by atoms with Crippen molar-refractivity contribution in [1.29, 1.82) is 5.26 Å². The minimum Gasteiger partial charge on any atom is -0.490 e. The Morgan fingerprint density at radius 2 is 1.88 bits per heavy atom. The van der Waals surface area contributed by atoms with Crippen LogP contribution in [0.25, 0.3) is 0 Å². The monoisotopic (exact) mass is 451 g/mol. The van der Waals surface area contributed by atoms with Crippen molar-refractivity contribution < 1.29 is 18.3 Å². The molecule has 4 rings (SSSR count). The average Bonchev–Trinajstić information content (AvgIpc) is 3.20. The van der Waals surface area contributed by atoms with Crippen LogP contribution in [0.5, 0.6) is 5.75 Å². The second-order valence-corrected chi connectivity index (χ2v) is 8.29. The number of nitrogens with one attached hydrogen (secondary N) is 1. The molecule has 1 fully saturated rings. The average molecular weight is 451 g/mol. The van der Waals surface area contributed by atoms with Crippen molar-refractivity contribution in [3.05, 3.63) is 71.4 Å². The van der Waals surface area contributed by atoms with Crippen molar-refractivity contribution in [3.63, 3.8) is 0 Å². The number of nitrogens with zero attached hydrogens (tertiary/aromatic N) is 4. The zero-order valence-electron chi connectivity index (χ0n) is 18.0. The number of carbonyl (C=O) groups is 1. The van der Waals surface area contributed by atoms with E-state index in [0.29, 0.717) is 23.7 Å². The van der Waals surface area contributed by atoms with Gasteiger partial charge in [-0.1, -0.05) is 24.3 Å². The highest BCUT2D eigenvalue weighted by atomic mass is 19.3. The molecule has 0 radical (unpaired) electrons. The summed E-state index contributed by atoms with van der Waals surface area (Å²) >= 11 is 0. The highest BCUT2D eigenvalue weighted by Crippen LogP contribution is 2.44. The lowest BCUT2D eigenvalue weighted by Gasteiger charge is -2.38. The molecule has 1 aromatic heterocycles. The number of carbonyl (C=O) groups excluding carboxylic acids is 1. The smallest absolute Gasteiger partial charge is 0.249 e. The molecule has 3 aromatic rings. The third-order valence-corrected chi connectivity index (χ3v) is 5.61. The fourth-order valence-corrected chi connectivity index (χ4v) is 3.69. The van der Waals surface area contributed by atoms with Gasteiger partial charge in [-0.15, -0.1) is 5.10 Å². The molecule has 0 saturated heterocycles. The SMILES string of the molecule is CC(Oc1ccc(CC(=O)Nc2cnn(Cc3ccc(C#N)cc3)n2)cc1)C1CC(F)(F)C1. The molecule has 1 atom stereocenters. The van der Waals surface area contributed by atoms with Crippen LogP contribution < -0.4 is 10.1 Å². The fraction of sp³-hybridized carbons (Fsp3) is 0.333. The van der Waals surface area contributed by atoms with Gasteiger partial charge in [-0.25, -0.2) is 8.78 Å². The second-order valence-electron chi connectivity index (χ2n) is 8.29. The van der Waals surface area contributed by atoms with Crippen LogP contribution in [-0.2, 0) is 17.8 Å². The normalized spacial score (nSPS) is 15.8. The summed E-state index contributed by atoms with van der Waals surface area (Å²) in [6.45, 7) is 2.22. The highest BCUT2D eigenvalue weighted by Gasteiger charge is 2.48. The number of anilines is 1. The summed E-state index contributed by atoms with van der Waals surface area (Å²) in [6, 6.07) is 16.2. The first-order valence-corrected chi connectivity index (χ1v) is 10.6. The predicted octanol–water partition coefficient (Wildman–Crippen LogP) is 4.19. The Bertz CT molecular complexity index is 1140. The number of hydrogen-bond donors (Lipinski definition) is 1. The summed E-state index contributed by atoms with van der Waals surface area (Å²) < 4.78 is 31.8. The maximum atomic E-state index is 13.0. The largest absolute Gasteiger partial charge is 0.490 e. The number of rotatable bonds is 8. The first kappa shape index (κ1) is 22.4. The van der Waals surface area contributed by atoms with E-state index in [1.165, 1.54) is 11.0 Å². The predicted molar refractivity (Wildman–Crippen MR) is 117 cm³/mol. The van der Waals surface area contributed by atoms with Gasteiger partial charge in [0.05, 0.1) is 36.9 Å². The van der Waals surface area contributed by atoms with Crippen LogP contribution in [0, 0.1) is 17.2 Å². The molecule has 170 valence electrons. The molecule has 1 saturated carbocycles. The molecule has 0 spiro atoms. The topological polar surface area (TPSA) is 92.8 Å². The number of amides is 1. The molecule has 9 heteroatoms. The summed E-state index contributed by atoms with van der Waals surface area (Å²) in [6.07, 6.45) is 1.07. The number of alkyl halides is 2. The number of hydrogen-bond acceptors (Lipinski definition) is 5. The van der Waals surface area contributed by atoms with E-state index in [-0.39, 0.29) is 37.2 Å². The van der Waals surface area contributed by atoms with Gasteiger partial charge in [0.15, 0.2) is 5.82 Å². The van der Waals surface area contributed by atoms with E-state index in [9.17, 15) is 13.6 Å². The van der Waals surface area contributed by atoms with Crippen LogP contribution in [0.2, 0.25) is 0 Å². The minimum atomic E-state index is -2.56. The Hall–Kier alpha value is -3.80. The summed E-state index contributed by atoms with van der Waals surface area (Å²) in [4.78, 5) is 13.8. The van der Waals surface area contributed by atoms with Crippen LogP contribution in [0.1, 0.15) is 36.5 Å². The van der Waals surface area contributed by atoms with E-state index in [1.807, 2.05) is 12.1 Å². The van der Waals surface area contributed by atoms with Crippen LogP contribution in [0.4, 0.5) is 14.6 Å². The van der Waals surface area contributed by atoms with Gasteiger partial charge in [0.2, 0.25) is 11.8 Å². The van der Waals surface area contributed by atoms with Gasteiger partial charge in [-0.05, 0) is 42.3 Å². The summed E-state index contributed by atoms with van der Waals surface area (Å²) in [7, 11) is 0. The number of ether oxygens (including phenoxy) is 1. The van der Waals surface area contributed by atoms with E-state index in [2.05, 4.69) is 21.6 Å². The van der Waals surface area contributed by atoms with Gasteiger partial charge >= 0.3 is 0 Å². The molecule has 33 heavy (non-hydrogen) atoms. The van der Waals surface area contributed by atoms with Crippen LogP contribution in [0.15, 0.2) is 54.7 Å². The van der Waals surface area contributed by atoms with Crippen LogP contribution >= 0.6 is 0 Å². The van der Waals surface area contributed by atoms with Crippen molar-refractivity contribution in [3.8, 4) is 11.8 Å². The molecule has 1 unspecified atom stereocenters. The number of nitriles is 1. The standard InChI is InChI=1S/C24H23F2N5O2/c1-16(20-11-24(25,26)12-20)33-21-8-6-17(7-9-21)10-23(32)29-22-14-28-31(30-22)15-19-4-2-18(13-27)3-5-19/h2-9,14,16,20H,10-12,15H2,1H3,(H,29,30,32). The van der Waals surface area contributed by atoms with Crippen molar-refractivity contribution in [1.82, 2.24) is 15.0 Å². The molecule has 0 aliphatic heterocycles. The van der Waals surface area contributed by atoms with E-state index in [1.54, 1.807) is 43.3 Å². The first-order valence-electron chi connectivity index (χ1n) is 10.6. The third-order valence-electron chi connectivity index (χ3n) is 5.61. The van der Waals surface area contributed by atoms with Crippen molar-refractivity contribution in [2.45, 2.75) is 44.8 Å².